The molecule has 1 N–H and O–H groups in total. The number of aliphatic hydroxyl groups is 1. The van der Waals surface area contributed by atoms with Crippen molar-refractivity contribution in [1.82, 2.24) is 0 Å². The molecule has 4 rings (SSSR count). The van der Waals surface area contributed by atoms with Crippen molar-refractivity contribution in [2.45, 2.75) is 45.3 Å². The van der Waals surface area contributed by atoms with Crippen LogP contribution in [0.25, 0.3) is 21.5 Å². The molecule has 0 fully saturated rings. The third-order valence-electron chi connectivity index (χ3n) is 5.57. The van der Waals surface area contributed by atoms with E-state index in [0.29, 0.717) is 6.61 Å². The van der Waals surface area contributed by atoms with Crippen molar-refractivity contribution >= 4 is 21.5 Å². The number of unbranched alkanes of at least 4 members (excludes halogenated alkanes) is 2. The predicted octanol–water partition coefficient (Wildman–Crippen LogP) is 7.19. The number of hydrogen-bond acceptors (Lipinski definition) is 2. The van der Waals surface area contributed by atoms with Gasteiger partial charge in [-0.15, -0.1) is 0 Å². The number of aliphatic hydroxyl groups excluding tert-OH is 1. The summed E-state index contributed by atoms with van der Waals surface area (Å²) in [7, 11) is 0. The number of hydrogen-bond donors (Lipinski definition) is 1. The van der Waals surface area contributed by atoms with Crippen LogP contribution in [0, 0.1) is 0 Å². The zero-order valence-corrected chi connectivity index (χ0v) is 17.0. The predicted molar refractivity (Wildman–Crippen MR) is 121 cm³/mol. The second-order valence-corrected chi connectivity index (χ2v) is 7.68. The summed E-state index contributed by atoms with van der Waals surface area (Å²) < 4.78 is 6.15. The topological polar surface area (TPSA) is 29.5 Å². The fraction of sp³-hybridized carbons (Fsp3) is 0.259. The van der Waals surface area contributed by atoms with Crippen LogP contribution in [0.4, 0.5) is 0 Å². The van der Waals surface area contributed by atoms with Crippen molar-refractivity contribution in [1.29, 1.82) is 0 Å². The van der Waals surface area contributed by atoms with E-state index in [1.807, 2.05) is 24.3 Å². The van der Waals surface area contributed by atoms with Crippen LogP contribution in [-0.2, 0) is 6.61 Å². The first-order valence-corrected chi connectivity index (χ1v) is 10.6. The van der Waals surface area contributed by atoms with Crippen LogP contribution >= 0.6 is 0 Å². The van der Waals surface area contributed by atoms with Gasteiger partial charge in [0.25, 0.3) is 0 Å². The number of rotatable bonds is 8. The maximum Gasteiger partial charge on any atom is 0.120 e. The van der Waals surface area contributed by atoms with Crippen LogP contribution in [0.3, 0.4) is 0 Å². The van der Waals surface area contributed by atoms with E-state index in [1.54, 1.807) is 0 Å². The van der Waals surface area contributed by atoms with Gasteiger partial charge in [-0.1, -0.05) is 86.8 Å². The molecule has 0 aromatic heterocycles. The van der Waals surface area contributed by atoms with Gasteiger partial charge in [-0.25, -0.2) is 0 Å². The lowest BCUT2D eigenvalue weighted by Crippen LogP contribution is -2.00. The average Bonchev–Trinajstić information content (AvgIpc) is 2.78. The van der Waals surface area contributed by atoms with Crippen LogP contribution in [-0.4, -0.2) is 5.11 Å². The van der Waals surface area contributed by atoms with Gasteiger partial charge < -0.3 is 9.84 Å². The maximum atomic E-state index is 10.5. The van der Waals surface area contributed by atoms with Crippen LogP contribution in [0.5, 0.6) is 5.75 Å². The fourth-order valence-electron chi connectivity index (χ4n) is 3.98. The van der Waals surface area contributed by atoms with E-state index in [2.05, 4.69) is 61.5 Å². The molecule has 29 heavy (non-hydrogen) atoms. The highest BCUT2D eigenvalue weighted by atomic mass is 16.5. The van der Waals surface area contributed by atoms with Gasteiger partial charge in [0.05, 0.1) is 6.10 Å². The molecule has 0 aliphatic carbocycles. The Kier molecular flexibility index (Phi) is 6.12. The molecule has 0 aliphatic heterocycles. The third-order valence-corrected chi connectivity index (χ3v) is 5.57. The summed E-state index contributed by atoms with van der Waals surface area (Å²) in [5, 5.41) is 15.4. The van der Waals surface area contributed by atoms with E-state index in [1.165, 1.54) is 27.1 Å². The Morgan fingerprint density at radius 1 is 0.793 bits per heavy atom. The maximum absolute atomic E-state index is 10.5. The highest BCUT2D eigenvalue weighted by Crippen LogP contribution is 2.30. The standard InChI is InChI=1S/C27H28O2/c1-2-3-4-16-27(28)21-11-9-12-23(18-21)29-19-22-17-20-10-5-6-13-24(20)26-15-8-7-14-25(22)26/h5-15,17-18,27-28H,2-4,16,19H2,1H3. The smallest absolute Gasteiger partial charge is 0.120 e. The molecule has 0 aliphatic rings. The van der Waals surface area contributed by atoms with Crippen molar-refractivity contribution in [3.8, 4) is 5.75 Å². The Bertz CT molecular complexity index is 1100. The zero-order valence-electron chi connectivity index (χ0n) is 17.0. The van der Waals surface area contributed by atoms with E-state index >= 15 is 0 Å². The second kappa shape index (κ2) is 9.11. The van der Waals surface area contributed by atoms with E-state index in [9.17, 15) is 5.11 Å². The monoisotopic (exact) mass is 384 g/mol. The number of benzene rings is 4. The average molecular weight is 385 g/mol. The molecule has 0 radical (unpaired) electrons. The molecule has 0 heterocycles. The Labute approximate surface area is 172 Å². The summed E-state index contributed by atoms with van der Waals surface area (Å²) in [5.41, 5.74) is 2.11. The van der Waals surface area contributed by atoms with Crippen molar-refractivity contribution in [3.63, 3.8) is 0 Å². The molecule has 1 atom stereocenters. The molecule has 2 nitrogen and oxygen atoms in total. The van der Waals surface area contributed by atoms with E-state index in [0.717, 1.165) is 37.0 Å². The van der Waals surface area contributed by atoms with Gasteiger partial charge in [0.15, 0.2) is 0 Å². The minimum Gasteiger partial charge on any atom is -0.489 e. The Morgan fingerprint density at radius 3 is 2.38 bits per heavy atom. The van der Waals surface area contributed by atoms with Gasteiger partial charge in [-0.05, 0) is 57.3 Å². The molecule has 0 bridgehead atoms. The van der Waals surface area contributed by atoms with Gasteiger partial charge in [-0.2, -0.15) is 0 Å². The third kappa shape index (κ3) is 4.44. The Balaban J connectivity index is 1.56. The van der Waals surface area contributed by atoms with Crippen LogP contribution in [0.1, 0.15) is 49.8 Å². The molecule has 2 heteroatoms. The molecule has 0 saturated heterocycles. The lowest BCUT2D eigenvalue weighted by Gasteiger charge is -2.14. The lowest BCUT2D eigenvalue weighted by atomic mass is 9.97. The molecule has 0 saturated carbocycles. The molecule has 148 valence electrons. The summed E-state index contributed by atoms with van der Waals surface area (Å²) in [6.07, 6.45) is 3.74. The van der Waals surface area contributed by atoms with Crippen molar-refractivity contribution < 1.29 is 9.84 Å². The molecule has 0 amide bonds. The lowest BCUT2D eigenvalue weighted by molar-refractivity contribution is 0.163. The minimum absolute atomic E-state index is 0.424. The largest absolute Gasteiger partial charge is 0.489 e. The molecule has 1 unspecified atom stereocenters. The highest BCUT2D eigenvalue weighted by molar-refractivity contribution is 6.08. The highest BCUT2D eigenvalue weighted by Gasteiger charge is 2.10. The Hall–Kier alpha value is -2.84. The Morgan fingerprint density at radius 2 is 1.55 bits per heavy atom. The summed E-state index contributed by atoms with van der Waals surface area (Å²) in [5.74, 6) is 0.800. The van der Waals surface area contributed by atoms with Gasteiger partial charge in [0.2, 0.25) is 0 Å². The van der Waals surface area contributed by atoms with E-state index < -0.39 is 6.10 Å². The molecule has 4 aromatic carbocycles. The zero-order chi connectivity index (χ0) is 20.1. The molecule has 4 aromatic rings. The summed E-state index contributed by atoms with van der Waals surface area (Å²) >= 11 is 0. The molecular formula is C27H28O2. The fourth-order valence-corrected chi connectivity index (χ4v) is 3.98. The van der Waals surface area contributed by atoms with Gasteiger partial charge in [0.1, 0.15) is 12.4 Å². The normalized spacial score (nSPS) is 12.3. The van der Waals surface area contributed by atoms with Gasteiger partial charge in [-0.3, -0.25) is 0 Å². The van der Waals surface area contributed by atoms with Gasteiger partial charge >= 0.3 is 0 Å². The quantitative estimate of drug-likeness (QED) is 0.257. The second-order valence-electron chi connectivity index (χ2n) is 7.68. The van der Waals surface area contributed by atoms with E-state index in [4.69, 9.17) is 4.74 Å². The van der Waals surface area contributed by atoms with E-state index in [-0.39, 0.29) is 0 Å². The summed E-state index contributed by atoms with van der Waals surface area (Å²) in [4.78, 5) is 0. The SMILES string of the molecule is CCCCCC(O)c1cccc(OCc2cc3ccccc3c3ccccc23)c1. The first kappa shape index (κ1) is 19.5. The molecule has 0 spiro atoms. The summed E-state index contributed by atoms with van der Waals surface area (Å²) in [6, 6.07) is 27.1. The minimum atomic E-state index is -0.424. The number of ether oxygens (including phenoxy) is 1. The van der Waals surface area contributed by atoms with Crippen LogP contribution in [0.2, 0.25) is 0 Å². The molecular weight excluding hydrogens is 356 g/mol. The van der Waals surface area contributed by atoms with Crippen molar-refractivity contribution in [3.05, 3.63) is 90.0 Å². The van der Waals surface area contributed by atoms with Crippen LogP contribution in [0.15, 0.2) is 78.9 Å². The van der Waals surface area contributed by atoms with Crippen LogP contribution < -0.4 is 4.74 Å². The first-order valence-electron chi connectivity index (χ1n) is 10.6. The van der Waals surface area contributed by atoms with Crippen molar-refractivity contribution in [2.75, 3.05) is 0 Å². The first-order chi connectivity index (χ1) is 14.3. The van der Waals surface area contributed by atoms with Gasteiger partial charge in [0, 0.05) is 0 Å². The summed E-state index contributed by atoms with van der Waals surface area (Å²) in [6.45, 7) is 2.68. The van der Waals surface area contributed by atoms with Crippen molar-refractivity contribution in [2.24, 2.45) is 0 Å². The number of fused-ring (bicyclic) bond motifs is 3.